The number of carbonyl (C=O) groups excluding carboxylic acids is 1. The molecule has 0 bridgehead atoms. The number of hydrogen-bond donors (Lipinski definition) is 2. The van der Waals surface area contributed by atoms with E-state index in [-0.39, 0.29) is 10.8 Å². The van der Waals surface area contributed by atoms with Crippen LogP contribution < -0.4 is 10.0 Å². The van der Waals surface area contributed by atoms with Gasteiger partial charge in [-0.3, -0.25) is 9.52 Å². The molecule has 2 N–H and O–H groups in total. The number of nitrogens with one attached hydrogen (secondary N) is 2. The Labute approximate surface area is 182 Å². The molecule has 8 heteroatoms. The summed E-state index contributed by atoms with van der Waals surface area (Å²) < 4.78 is 28.8. The Hall–Kier alpha value is -2.10. The average molecular weight is 527 g/mol. The molecule has 0 aliphatic heterocycles. The van der Waals surface area contributed by atoms with Crippen LogP contribution in [0.2, 0.25) is 5.02 Å². The smallest absolute Gasteiger partial charge is 0.261 e. The van der Waals surface area contributed by atoms with Gasteiger partial charge in [-0.15, -0.1) is 0 Å². The van der Waals surface area contributed by atoms with E-state index in [0.717, 1.165) is 3.57 Å². The molecule has 0 aliphatic carbocycles. The van der Waals surface area contributed by atoms with Gasteiger partial charge in [0.1, 0.15) is 0 Å². The first-order valence-electron chi connectivity index (χ1n) is 8.20. The molecule has 0 atom stereocenters. The van der Waals surface area contributed by atoms with Crippen LogP contribution in [0.4, 0.5) is 11.4 Å². The van der Waals surface area contributed by atoms with Gasteiger partial charge in [-0.05, 0) is 102 Å². The van der Waals surface area contributed by atoms with Crippen molar-refractivity contribution in [2.75, 3.05) is 10.0 Å². The predicted molar refractivity (Wildman–Crippen MR) is 121 cm³/mol. The van der Waals surface area contributed by atoms with Gasteiger partial charge < -0.3 is 5.32 Å². The van der Waals surface area contributed by atoms with Crippen molar-refractivity contribution in [3.63, 3.8) is 0 Å². The Bertz CT molecular complexity index is 1120. The monoisotopic (exact) mass is 526 g/mol. The molecule has 0 spiro atoms. The van der Waals surface area contributed by atoms with E-state index in [4.69, 9.17) is 11.6 Å². The summed E-state index contributed by atoms with van der Waals surface area (Å²) in [5.41, 5.74) is 2.11. The van der Waals surface area contributed by atoms with E-state index < -0.39 is 10.0 Å². The average Bonchev–Trinajstić information content (AvgIpc) is 2.65. The number of aryl methyl sites for hydroxylation is 1. The second-order valence-corrected chi connectivity index (χ2v) is 9.41. The molecule has 0 aromatic heterocycles. The zero-order chi connectivity index (χ0) is 20.3. The molecule has 0 aliphatic rings. The second-order valence-electron chi connectivity index (χ2n) is 6.05. The van der Waals surface area contributed by atoms with Crippen LogP contribution in [0.1, 0.15) is 15.9 Å². The third-order valence-electron chi connectivity index (χ3n) is 3.96. The molecule has 0 saturated heterocycles. The van der Waals surface area contributed by atoms with Gasteiger partial charge in [0, 0.05) is 25.5 Å². The molecule has 3 aromatic carbocycles. The SMILES string of the molecule is Cc1cc(S(=O)(=O)Nc2ccc(I)cc2)ccc1NC(=O)c1ccc(Cl)cc1. The minimum absolute atomic E-state index is 0.119. The van der Waals surface area contributed by atoms with E-state index in [1.165, 1.54) is 12.1 Å². The summed E-state index contributed by atoms with van der Waals surface area (Å²) >= 11 is 7.98. The summed E-state index contributed by atoms with van der Waals surface area (Å²) in [7, 11) is -3.73. The molecule has 0 heterocycles. The highest BCUT2D eigenvalue weighted by molar-refractivity contribution is 14.1. The lowest BCUT2D eigenvalue weighted by molar-refractivity contribution is 0.102. The molecule has 5 nitrogen and oxygen atoms in total. The molecule has 28 heavy (non-hydrogen) atoms. The highest BCUT2D eigenvalue weighted by atomic mass is 127. The van der Waals surface area contributed by atoms with Crippen LogP contribution in [0, 0.1) is 10.5 Å². The van der Waals surface area contributed by atoms with Crippen molar-refractivity contribution in [2.45, 2.75) is 11.8 Å². The fourth-order valence-corrected chi connectivity index (χ4v) is 4.10. The number of halogens is 2. The van der Waals surface area contributed by atoms with Crippen molar-refractivity contribution >= 4 is 61.5 Å². The lowest BCUT2D eigenvalue weighted by atomic mass is 10.1. The quantitative estimate of drug-likeness (QED) is 0.443. The molecule has 0 fully saturated rings. The van der Waals surface area contributed by atoms with Crippen LogP contribution >= 0.6 is 34.2 Å². The number of benzene rings is 3. The Balaban J connectivity index is 1.78. The largest absolute Gasteiger partial charge is 0.322 e. The zero-order valence-corrected chi connectivity index (χ0v) is 18.5. The number of amides is 1. The maximum atomic E-state index is 12.6. The van der Waals surface area contributed by atoms with Gasteiger partial charge >= 0.3 is 0 Å². The number of sulfonamides is 1. The standard InChI is InChI=1S/C20H16ClIN2O3S/c1-13-12-18(28(26,27)24-17-8-6-16(22)7-9-17)10-11-19(13)23-20(25)14-2-4-15(21)5-3-14/h2-12,24H,1H3,(H,23,25). The van der Waals surface area contributed by atoms with E-state index >= 15 is 0 Å². The third kappa shape index (κ3) is 5.03. The maximum absolute atomic E-state index is 12.6. The Morgan fingerprint density at radius 1 is 0.964 bits per heavy atom. The number of hydrogen-bond acceptors (Lipinski definition) is 3. The number of anilines is 2. The van der Waals surface area contributed by atoms with Crippen LogP contribution in [0.3, 0.4) is 0 Å². The number of carbonyl (C=O) groups is 1. The van der Waals surface area contributed by atoms with Crippen molar-refractivity contribution in [1.82, 2.24) is 0 Å². The van der Waals surface area contributed by atoms with Crippen molar-refractivity contribution in [3.8, 4) is 0 Å². The van der Waals surface area contributed by atoms with Gasteiger partial charge in [-0.25, -0.2) is 8.42 Å². The fourth-order valence-electron chi connectivity index (χ4n) is 2.47. The highest BCUT2D eigenvalue weighted by Crippen LogP contribution is 2.23. The minimum Gasteiger partial charge on any atom is -0.322 e. The van der Waals surface area contributed by atoms with Gasteiger partial charge in [-0.2, -0.15) is 0 Å². The first kappa shape index (κ1) is 20.6. The minimum atomic E-state index is -3.73. The van der Waals surface area contributed by atoms with Crippen LogP contribution in [0.15, 0.2) is 71.6 Å². The van der Waals surface area contributed by atoms with E-state index in [1.807, 2.05) is 12.1 Å². The van der Waals surface area contributed by atoms with E-state index in [9.17, 15) is 13.2 Å². The molecule has 0 saturated carbocycles. The first-order chi connectivity index (χ1) is 13.2. The van der Waals surface area contributed by atoms with Crippen molar-refractivity contribution < 1.29 is 13.2 Å². The van der Waals surface area contributed by atoms with Crippen LogP contribution in [-0.4, -0.2) is 14.3 Å². The summed E-state index contributed by atoms with van der Waals surface area (Å²) in [5, 5.41) is 3.33. The molecule has 3 aromatic rings. The molecular weight excluding hydrogens is 511 g/mol. The van der Waals surface area contributed by atoms with E-state index in [1.54, 1.807) is 49.4 Å². The molecule has 0 radical (unpaired) electrons. The van der Waals surface area contributed by atoms with E-state index in [0.29, 0.717) is 27.5 Å². The summed E-state index contributed by atoms with van der Waals surface area (Å²) in [6.45, 7) is 1.74. The summed E-state index contributed by atoms with van der Waals surface area (Å²) in [6, 6.07) is 18.1. The lowest BCUT2D eigenvalue weighted by Gasteiger charge is -2.12. The third-order valence-corrected chi connectivity index (χ3v) is 6.31. The fraction of sp³-hybridized carbons (Fsp3) is 0.0500. The Kier molecular flexibility index (Phi) is 6.26. The van der Waals surface area contributed by atoms with Crippen molar-refractivity contribution in [2.24, 2.45) is 0 Å². The van der Waals surface area contributed by atoms with Crippen molar-refractivity contribution in [1.29, 1.82) is 0 Å². The number of rotatable bonds is 5. The molecule has 1 amide bonds. The molecule has 3 rings (SSSR count). The lowest BCUT2D eigenvalue weighted by Crippen LogP contribution is -2.15. The highest BCUT2D eigenvalue weighted by Gasteiger charge is 2.16. The zero-order valence-electron chi connectivity index (χ0n) is 14.7. The Morgan fingerprint density at radius 2 is 1.61 bits per heavy atom. The van der Waals surface area contributed by atoms with Gasteiger partial charge in [-0.1, -0.05) is 11.6 Å². The summed E-state index contributed by atoms with van der Waals surface area (Å²) in [5.74, 6) is -0.299. The van der Waals surface area contributed by atoms with Gasteiger partial charge in [0.2, 0.25) is 0 Å². The van der Waals surface area contributed by atoms with Crippen LogP contribution in [0.5, 0.6) is 0 Å². The van der Waals surface area contributed by atoms with Crippen molar-refractivity contribution in [3.05, 3.63) is 86.4 Å². The van der Waals surface area contributed by atoms with Gasteiger partial charge in [0.05, 0.1) is 4.90 Å². The molecule has 0 unspecified atom stereocenters. The molecular formula is C20H16ClIN2O3S. The molecule has 144 valence electrons. The Morgan fingerprint density at radius 3 is 2.21 bits per heavy atom. The normalized spacial score (nSPS) is 11.1. The van der Waals surface area contributed by atoms with Gasteiger partial charge in [0.15, 0.2) is 0 Å². The first-order valence-corrected chi connectivity index (χ1v) is 11.1. The van der Waals surface area contributed by atoms with E-state index in [2.05, 4.69) is 32.6 Å². The summed E-state index contributed by atoms with van der Waals surface area (Å²) in [4.78, 5) is 12.5. The van der Waals surface area contributed by atoms with Crippen LogP contribution in [-0.2, 0) is 10.0 Å². The predicted octanol–water partition coefficient (Wildman–Crippen LogP) is 5.31. The summed E-state index contributed by atoms with van der Waals surface area (Å²) in [6.07, 6.45) is 0. The maximum Gasteiger partial charge on any atom is 0.261 e. The van der Waals surface area contributed by atoms with Gasteiger partial charge in [0.25, 0.3) is 15.9 Å². The second kappa shape index (κ2) is 8.50. The topological polar surface area (TPSA) is 75.3 Å². The van der Waals surface area contributed by atoms with Crippen LogP contribution in [0.25, 0.3) is 0 Å².